The lowest BCUT2D eigenvalue weighted by Crippen LogP contribution is -2.22. The van der Waals surface area contributed by atoms with Crippen LogP contribution in [0, 0.1) is 0 Å². The number of esters is 1. The summed E-state index contributed by atoms with van der Waals surface area (Å²) >= 11 is 0. The highest BCUT2D eigenvalue weighted by molar-refractivity contribution is 6.33. The van der Waals surface area contributed by atoms with E-state index in [2.05, 4.69) is 19.7 Å². The van der Waals surface area contributed by atoms with Gasteiger partial charge in [0.05, 0.1) is 26.3 Å². The minimum atomic E-state index is -0.898. The highest BCUT2D eigenvalue weighted by Crippen LogP contribution is 2.26. The van der Waals surface area contributed by atoms with Gasteiger partial charge in [0.1, 0.15) is 23.8 Å². The van der Waals surface area contributed by atoms with E-state index in [0.717, 1.165) is 5.56 Å². The van der Waals surface area contributed by atoms with Crippen LogP contribution < -0.4 is 0 Å². The average molecular weight is 368 g/mol. The van der Waals surface area contributed by atoms with Gasteiger partial charge in [-0.05, 0) is 12.5 Å². The zero-order chi connectivity index (χ0) is 19.2. The summed E-state index contributed by atoms with van der Waals surface area (Å²) in [5.41, 5.74) is 2.28. The number of ether oxygens (including phenoxy) is 2. The molecule has 0 saturated carbocycles. The van der Waals surface area contributed by atoms with Crippen LogP contribution in [0.15, 0.2) is 42.9 Å². The lowest BCUT2D eigenvalue weighted by Gasteiger charge is -2.17. The van der Waals surface area contributed by atoms with Gasteiger partial charge in [0, 0.05) is 6.61 Å². The molecule has 0 amide bonds. The summed E-state index contributed by atoms with van der Waals surface area (Å²) in [4.78, 5) is 36.6. The van der Waals surface area contributed by atoms with Gasteiger partial charge < -0.3 is 14.0 Å². The van der Waals surface area contributed by atoms with Crippen LogP contribution in [0.4, 0.5) is 0 Å². The summed E-state index contributed by atoms with van der Waals surface area (Å²) in [6, 6.07) is 9.82. The summed E-state index contributed by atoms with van der Waals surface area (Å²) < 4.78 is 12.1. The number of Topliss-reactive ketones (excluding diaryl/α,β-unsaturated/α-hetero) is 1. The van der Waals surface area contributed by atoms with E-state index in [4.69, 9.17) is 4.74 Å². The SMILES string of the molecule is CCOC(CC(=O)C(=O)OC)c1nc2cncnc2n1Cc1ccccc1. The van der Waals surface area contributed by atoms with Crippen LogP contribution in [0.1, 0.15) is 30.8 Å². The number of hydrogen-bond donors (Lipinski definition) is 0. The molecule has 8 nitrogen and oxygen atoms in total. The molecule has 0 fully saturated rings. The second-order valence-corrected chi connectivity index (χ2v) is 5.84. The van der Waals surface area contributed by atoms with Crippen LogP contribution in [-0.2, 0) is 25.6 Å². The second kappa shape index (κ2) is 8.50. The fraction of sp³-hybridized carbons (Fsp3) is 0.316. The largest absolute Gasteiger partial charge is 0.463 e. The summed E-state index contributed by atoms with van der Waals surface area (Å²) in [5, 5.41) is 0. The fourth-order valence-corrected chi connectivity index (χ4v) is 2.85. The molecule has 0 N–H and O–H groups in total. The van der Waals surface area contributed by atoms with E-state index in [-0.39, 0.29) is 6.42 Å². The third-order valence-corrected chi connectivity index (χ3v) is 4.06. The number of fused-ring (bicyclic) bond motifs is 1. The number of imidazole rings is 1. The predicted molar refractivity (Wildman–Crippen MR) is 96.9 cm³/mol. The molecule has 1 aromatic carbocycles. The smallest absolute Gasteiger partial charge is 0.374 e. The van der Waals surface area contributed by atoms with Gasteiger partial charge in [-0.1, -0.05) is 30.3 Å². The highest BCUT2D eigenvalue weighted by Gasteiger charge is 2.27. The van der Waals surface area contributed by atoms with Crippen LogP contribution in [-0.4, -0.2) is 45.0 Å². The molecule has 0 spiro atoms. The third-order valence-electron chi connectivity index (χ3n) is 4.06. The first kappa shape index (κ1) is 18.7. The van der Waals surface area contributed by atoms with Crippen LogP contribution in [0.25, 0.3) is 11.2 Å². The number of rotatable bonds is 8. The Bertz CT molecular complexity index is 939. The summed E-state index contributed by atoms with van der Waals surface area (Å²) in [5.74, 6) is -1.04. The standard InChI is InChI=1S/C19H20N4O4/c1-3-27-16(9-15(24)19(25)26-2)18-22-14-10-20-12-21-17(14)23(18)11-13-7-5-4-6-8-13/h4-8,10,12,16H,3,9,11H2,1-2H3. The zero-order valence-corrected chi connectivity index (χ0v) is 15.2. The summed E-state index contributed by atoms with van der Waals surface area (Å²) in [6.45, 7) is 2.68. The van der Waals surface area contributed by atoms with Gasteiger partial charge in [-0.25, -0.2) is 19.7 Å². The van der Waals surface area contributed by atoms with Gasteiger partial charge in [-0.15, -0.1) is 0 Å². The van der Waals surface area contributed by atoms with E-state index in [0.29, 0.717) is 30.1 Å². The topological polar surface area (TPSA) is 96.2 Å². The molecule has 0 radical (unpaired) electrons. The number of carbonyl (C=O) groups is 2. The Morgan fingerprint density at radius 1 is 1.22 bits per heavy atom. The normalized spacial score (nSPS) is 12.1. The molecule has 0 bridgehead atoms. The first-order chi connectivity index (χ1) is 13.1. The molecule has 27 heavy (non-hydrogen) atoms. The Hall–Kier alpha value is -3.13. The summed E-state index contributed by atoms with van der Waals surface area (Å²) in [7, 11) is 1.18. The molecule has 0 saturated heterocycles. The van der Waals surface area contributed by atoms with Crippen molar-refractivity contribution in [1.29, 1.82) is 0 Å². The summed E-state index contributed by atoms with van der Waals surface area (Å²) in [6.07, 6.45) is 2.20. The van der Waals surface area contributed by atoms with Gasteiger partial charge in [-0.3, -0.25) is 4.79 Å². The molecular weight excluding hydrogens is 348 g/mol. The van der Waals surface area contributed by atoms with Crippen molar-refractivity contribution < 1.29 is 19.1 Å². The van der Waals surface area contributed by atoms with Gasteiger partial charge in [0.15, 0.2) is 5.65 Å². The Labute approximate surface area is 156 Å². The molecule has 1 atom stereocenters. The first-order valence-corrected chi connectivity index (χ1v) is 8.56. The maximum atomic E-state index is 12.1. The number of nitrogens with zero attached hydrogens (tertiary/aromatic N) is 4. The monoisotopic (exact) mass is 368 g/mol. The van der Waals surface area contributed by atoms with Gasteiger partial charge in [0.2, 0.25) is 5.78 Å². The van der Waals surface area contributed by atoms with E-state index in [1.54, 1.807) is 6.20 Å². The zero-order valence-electron chi connectivity index (χ0n) is 15.2. The lowest BCUT2D eigenvalue weighted by molar-refractivity contribution is -0.153. The molecule has 0 aliphatic heterocycles. The minimum absolute atomic E-state index is 0.161. The van der Waals surface area contributed by atoms with Crippen LogP contribution in [0.3, 0.4) is 0 Å². The quantitative estimate of drug-likeness (QED) is 0.444. The van der Waals surface area contributed by atoms with E-state index in [9.17, 15) is 9.59 Å². The molecule has 0 aliphatic rings. The highest BCUT2D eigenvalue weighted by atomic mass is 16.5. The molecule has 0 aliphatic carbocycles. The van der Waals surface area contributed by atoms with E-state index < -0.39 is 17.9 Å². The van der Waals surface area contributed by atoms with Crippen molar-refractivity contribution in [1.82, 2.24) is 19.5 Å². The number of carbonyl (C=O) groups excluding carboxylic acids is 2. The maximum Gasteiger partial charge on any atom is 0.374 e. The average Bonchev–Trinajstić information content (AvgIpc) is 3.06. The van der Waals surface area contributed by atoms with Gasteiger partial charge in [0.25, 0.3) is 0 Å². The van der Waals surface area contributed by atoms with Crippen LogP contribution >= 0.6 is 0 Å². The number of hydrogen-bond acceptors (Lipinski definition) is 7. The fourth-order valence-electron chi connectivity index (χ4n) is 2.85. The Morgan fingerprint density at radius 2 is 2.00 bits per heavy atom. The molecule has 1 unspecified atom stereocenters. The van der Waals surface area contributed by atoms with E-state index >= 15 is 0 Å². The Kier molecular flexibility index (Phi) is 5.87. The van der Waals surface area contributed by atoms with Crippen LogP contribution in [0.2, 0.25) is 0 Å². The molecule has 3 rings (SSSR count). The maximum absolute atomic E-state index is 12.1. The Morgan fingerprint density at radius 3 is 2.70 bits per heavy atom. The third kappa shape index (κ3) is 4.17. The van der Waals surface area contributed by atoms with Gasteiger partial charge >= 0.3 is 5.97 Å². The molecule has 140 valence electrons. The predicted octanol–water partition coefficient (Wildman–Crippen LogP) is 2.08. The van der Waals surface area contributed by atoms with Crippen molar-refractivity contribution >= 4 is 22.9 Å². The van der Waals surface area contributed by atoms with Crippen molar-refractivity contribution in [3.05, 3.63) is 54.2 Å². The van der Waals surface area contributed by atoms with Crippen molar-refractivity contribution in [2.24, 2.45) is 0 Å². The van der Waals surface area contributed by atoms with Crippen molar-refractivity contribution in [2.45, 2.75) is 26.0 Å². The van der Waals surface area contributed by atoms with Crippen LogP contribution in [0.5, 0.6) is 0 Å². The lowest BCUT2D eigenvalue weighted by atomic mass is 10.1. The number of ketones is 1. The number of aromatic nitrogens is 4. The van der Waals surface area contributed by atoms with Crippen molar-refractivity contribution in [3.8, 4) is 0 Å². The van der Waals surface area contributed by atoms with Crippen molar-refractivity contribution in [3.63, 3.8) is 0 Å². The molecule has 8 heteroatoms. The molecule has 2 aromatic heterocycles. The molecular formula is C19H20N4O4. The van der Waals surface area contributed by atoms with E-state index in [1.165, 1.54) is 13.4 Å². The second-order valence-electron chi connectivity index (χ2n) is 5.84. The van der Waals surface area contributed by atoms with Crippen molar-refractivity contribution in [2.75, 3.05) is 13.7 Å². The van der Waals surface area contributed by atoms with Gasteiger partial charge in [-0.2, -0.15) is 0 Å². The van der Waals surface area contributed by atoms with E-state index in [1.807, 2.05) is 41.8 Å². The number of methoxy groups -OCH3 is 1. The molecule has 2 heterocycles. The number of benzene rings is 1. The minimum Gasteiger partial charge on any atom is -0.463 e. The Balaban J connectivity index is 2.03. The first-order valence-electron chi connectivity index (χ1n) is 8.56. The molecule has 3 aromatic rings.